The van der Waals surface area contributed by atoms with Crippen LogP contribution in [0, 0.1) is 10.8 Å². The van der Waals surface area contributed by atoms with Crippen molar-refractivity contribution in [2.75, 3.05) is 0 Å². The van der Waals surface area contributed by atoms with E-state index in [1.807, 2.05) is 0 Å². The van der Waals surface area contributed by atoms with Gasteiger partial charge in [-0.05, 0) is 24.6 Å². The minimum absolute atomic E-state index is 0.529. The number of oxazole rings is 1. The number of aryl methyl sites for hydroxylation is 1. The molecule has 0 saturated carbocycles. The van der Waals surface area contributed by atoms with Gasteiger partial charge in [-0.15, -0.1) is 0 Å². The number of aromatic amines is 1. The van der Waals surface area contributed by atoms with Crippen LogP contribution in [-0.4, -0.2) is 4.98 Å². The van der Waals surface area contributed by atoms with Crippen molar-refractivity contribution in [3.63, 3.8) is 0 Å². The number of hydrogen-bond donors (Lipinski definition) is 1. The Morgan fingerprint density at radius 2 is 2.25 bits per heavy atom. The van der Waals surface area contributed by atoms with Gasteiger partial charge in [0.2, 0.25) is 0 Å². The minimum atomic E-state index is 0.529. The highest BCUT2D eigenvalue weighted by atomic mass is 32.1. The van der Waals surface area contributed by atoms with Crippen LogP contribution in [0.1, 0.15) is 37.6 Å². The first-order valence-electron chi connectivity index (χ1n) is 4.40. The first-order valence-corrected chi connectivity index (χ1v) is 4.81. The van der Waals surface area contributed by atoms with E-state index in [1.54, 1.807) is 0 Å². The topological polar surface area (TPSA) is 28.9 Å². The third-order valence-corrected chi connectivity index (χ3v) is 3.07. The van der Waals surface area contributed by atoms with E-state index in [9.17, 15) is 0 Å². The molecular formula is C9H13NOS. The molecule has 1 aliphatic carbocycles. The van der Waals surface area contributed by atoms with E-state index in [4.69, 9.17) is 16.6 Å². The molecule has 0 fully saturated rings. The molecule has 1 aromatic rings. The summed E-state index contributed by atoms with van der Waals surface area (Å²) in [5.74, 6) is 2.38. The molecule has 2 atom stereocenters. The predicted octanol–water partition coefficient (Wildman–Crippen LogP) is 3.02. The van der Waals surface area contributed by atoms with E-state index >= 15 is 0 Å². The fraction of sp³-hybridized carbons (Fsp3) is 0.667. The molecule has 0 amide bonds. The molecule has 12 heavy (non-hydrogen) atoms. The lowest BCUT2D eigenvalue weighted by Crippen LogP contribution is -2.14. The Morgan fingerprint density at radius 3 is 3.00 bits per heavy atom. The van der Waals surface area contributed by atoms with Crippen LogP contribution in [-0.2, 0) is 6.42 Å². The van der Waals surface area contributed by atoms with Crippen molar-refractivity contribution >= 4 is 12.2 Å². The number of hydrogen-bond acceptors (Lipinski definition) is 2. The van der Waals surface area contributed by atoms with Gasteiger partial charge in [-0.1, -0.05) is 13.8 Å². The SMILES string of the molecule is CC1CCc2oc(=S)[nH]c2C1C. The second kappa shape index (κ2) is 2.73. The van der Waals surface area contributed by atoms with E-state index in [0.717, 1.165) is 18.1 Å². The highest BCUT2D eigenvalue weighted by Gasteiger charge is 2.25. The van der Waals surface area contributed by atoms with E-state index in [1.165, 1.54) is 12.1 Å². The summed E-state index contributed by atoms with van der Waals surface area (Å²) in [4.78, 5) is 3.65. The Kier molecular flexibility index (Phi) is 1.83. The molecule has 0 bridgehead atoms. The molecule has 1 N–H and O–H groups in total. The van der Waals surface area contributed by atoms with Crippen LogP contribution in [0.4, 0.5) is 0 Å². The Morgan fingerprint density at radius 1 is 1.50 bits per heavy atom. The molecule has 66 valence electrons. The highest BCUT2D eigenvalue weighted by Crippen LogP contribution is 2.34. The van der Waals surface area contributed by atoms with Gasteiger partial charge in [0.25, 0.3) is 4.84 Å². The molecular weight excluding hydrogens is 170 g/mol. The fourth-order valence-electron chi connectivity index (χ4n) is 1.82. The summed E-state index contributed by atoms with van der Waals surface area (Å²) in [6.07, 6.45) is 2.25. The lowest BCUT2D eigenvalue weighted by Gasteiger charge is -2.23. The third kappa shape index (κ3) is 1.12. The van der Waals surface area contributed by atoms with Crippen molar-refractivity contribution in [3.8, 4) is 0 Å². The fourth-order valence-corrected chi connectivity index (χ4v) is 2.03. The highest BCUT2D eigenvalue weighted by molar-refractivity contribution is 7.71. The average Bonchev–Trinajstić information content (AvgIpc) is 2.39. The smallest absolute Gasteiger partial charge is 0.266 e. The standard InChI is InChI=1S/C9H13NOS/c1-5-3-4-7-8(6(5)2)10-9(12)11-7/h5-6H,3-4H2,1-2H3,(H,10,12). The Labute approximate surface area is 77.0 Å². The first-order chi connectivity index (χ1) is 5.68. The Balaban J connectivity index is 2.48. The molecule has 1 aromatic heterocycles. The van der Waals surface area contributed by atoms with Crippen molar-refractivity contribution in [1.29, 1.82) is 0 Å². The second-order valence-corrected chi connectivity index (χ2v) is 4.03. The summed E-state index contributed by atoms with van der Waals surface area (Å²) in [5.41, 5.74) is 1.22. The first kappa shape index (κ1) is 8.05. The van der Waals surface area contributed by atoms with Crippen LogP contribution in [0.2, 0.25) is 0 Å². The largest absolute Gasteiger partial charge is 0.434 e. The number of nitrogens with one attached hydrogen (secondary N) is 1. The second-order valence-electron chi connectivity index (χ2n) is 3.66. The van der Waals surface area contributed by atoms with Gasteiger partial charge < -0.3 is 9.40 Å². The number of fused-ring (bicyclic) bond motifs is 1. The monoisotopic (exact) mass is 183 g/mol. The molecule has 1 aliphatic rings. The Hall–Kier alpha value is -0.570. The van der Waals surface area contributed by atoms with Crippen molar-refractivity contribution in [3.05, 3.63) is 16.3 Å². The molecule has 2 unspecified atom stereocenters. The zero-order valence-electron chi connectivity index (χ0n) is 7.39. The summed E-state index contributed by atoms with van der Waals surface area (Å²) >= 11 is 4.95. The number of H-pyrrole nitrogens is 1. The van der Waals surface area contributed by atoms with Gasteiger partial charge in [0.1, 0.15) is 5.76 Å². The molecule has 0 saturated heterocycles. The molecule has 2 nitrogen and oxygen atoms in total. The van der Waals surface area contributed by atoms with Crippen LogP contribution in [0.15, 0.2) is 4.42 Å². The molecule has 3 heteroatoms. The maximum absolute atomic E-state index is 5.38. The van der Waals surface area contributed by atoms with E-state index in [-0.39, 0.29) is 0 Å². The quantitative estimate of drug-likeness (QED) is 0.626. The van der Waals surface area contributed by atoms with Crippen molar-refractivity contribution < 1.29 is 4.42 Å². The number of aromatic nitrogens is 1. The van der Waals surface area contributed by atoms with Gasteiger partial charge in [0.15, 0.2) is 0 Å². The molecule has 0 spiro atoms. The summed E-state index contributed by atoms with van der Waals surface area (Å²) in [6, 6.07) is 0. The zero-order valence-corrected chi connectivity index (χ0v) is 8.20. The lowest BCUT2D eigenvalue weighted by atomic mass is 9.83. The third-order valence-electron chi connectivity index (χ3n) is 2.89. The number of rotatable bonds is 0. The van der Waals surface area contributed by atoms with Gasteiger partial charge >= 0.3 is 0 Å². The molecule has 2 rings (SSSR count). The summed E-state index contributed by atoms with van der Waals surface area (Å²) < 4.78 is 5.38. The van der Waals surface area contributed by atoms with E-state index < -0.39 is 0 Å². The zero-order chi connectivity index (χ0) is 8.72. The van der Waals surface area contributed by atoms with Crippen molar-refractivity contribution in [2.24, 2.45) is 5.92 Å². The summed E-state index contributed by atoms with van der Waals surface area (Å²) in [5, 5.41) is 0. The average molecular weight is 183 g/mol. The van der Waals surface area contributed by atoms with Crippen LogP contribution in [0.25, 0.3) is 0 Å². The van der Waals surface area contributed by atoms with Gasteiger partial charge in [-0.2, -0.15) is 0 Å². The Bertz CT molecular complexity index is 339. The normalized spacial score (nSPS) is 28.5. The van der Waals surface area contributed by atoms with Crippen molar-refractivity contribution in [1.82, 2.24) is 4.98 Å². The van der Waals surface area contributed by atoms with Gasteiger partial charge in [-0.25, -0.2) is 0 Å². The van der Waals surface area contributed by atoms with Crippen LogP contribution in [0.5, 0.6) is 0 Å². The predicted molar refractivity (Wildman–Crippen MR) is 49.8 cm³/mol. The van der Waals surface area contributed by atoms with Crippen LogP contribution >= 0.6 is 12.2 Å². The molecule has 1 heterocycles. The maximum Gasteiger partial charge on any atom is 0.266 e. The summed E-state index contributed by atoms with van der Waals surface area (Å²) in [7, 11) is 0. The van der Waals surface area contributed by atoms with E-state index in [0.29, 0.717) is 10.8 Å². The molecule has 0 aromatic carbocycles. The van der Waals surface area contributed by atoms with E-state index in [2.05, 4.69) is 18.8 Å². The van der Waals surface area contributed by atoms with Gasteiger partial charge in [0.05, 0.1) is 5.69 Å². The minimum Gasteiger partial charge on any atom is -0.434 e. The van der Waals surface area contributed by atoms with Gasteiger partial charge in [0, 0.05) is 12.3 Å². The molecule has 0 aliphatic heterocycles. The molecule has 0 radical (unpaired) electrons. The van der Waals surface area contributed by atoms with Crippen molar-refractivity contribution in [2.45, 2.75) is 32.6 Å². The van der Waals surface area contributed by atoms with Crippen LogP contribution in [0.3, 0.4) is 0 Å². The van der Waals surface area contributed by atoms with Crippen LogP contribution < -0.4 is 0 Å². The lowest BCUT2D eigenvalue weighted by molar-refractivity contribution is 0.378. The van der Waals surface area contributed by atoms with Gasteiger partial charge in [-0.3, -0.25) is 0 Å². The maximum atomic E-state index is 5.38. The summed E-state index contributed by atoms with van der Waals surface area (Å²) in [6.45, 7) is 4.50.